The van der Waals surface area contributed by atoms with E-state index < -0.39 is 183 Å². The first kappa shape index (κ1) is 79.0. The van der Waals surface area contributed by atoms with Gasteiger partial charge in [-0.15, -0.1) is 0 Å². The Hall–Kier alpha value is -9.53. The third kappa shape index (κ3) is 13.7. The number of nitrogens with zero attached hydrogens (tertiary/aromatic N) is 15. The van der Waals surface area contributed by atoms with Crippen LogP contribution in [-0.2, 0) is 23.7 Å². The minimum atomic E-state index is -2.07. The van der Waals surface area contributed by atoms with Gasteiger partial charge in [0.2, 0.25) is 11.2 Å². The summed E-state index contributed by atoms with van der Waals surface area (Å²) in [7, 11) is 0. The molecule has 8 aliphatic rings. The number of nitriles is 2. The molecule has 0 amide bonds. The molecule has 1 aliphatic carbocycles. The second-order valence-electron chi connectivity index (χ2n) is 25.6. The zero-order valence-electron chi connectivity index (χ0n) is 56.2. The first-order valence-electron chi connectivity index (χ1n) is 32.0. The number of imidazole rings is 3. The minimum Gasteiger partial charge on any atom is -0.393 e. The summed E-state index contributed by atoms with van der Waals surface area (Å²) in [6, 6.07) is 3.17. The lowest BCUT2D eigenvalue weighted by Crippen LogP contribution is -2.52. The van der Waals surface area contributed by atoms with Gasteiger partial charge in [-0.3, -0.25) is 28.1 Å². The van der Waals surface area contributed by atoms with Gasteiger partial charge in [0.15, 0.2) is 101 Å². The van der Waals surface area contributed by atoms with Gasteiger partial charge in [-0.1, -0.05) is 13.2 Å². The number of aromatic amines is 3. The molecule has 18 N–H and O–H groups in total. The largest absolute Gasteiger partial charge is 0.393 e. The molecule has 13 heterocycles. The topological polar surface area (TPSA) is 590 Å². The van der Waals surface area contributed by atoms with E-state index in [-0.39, 0.29) is 62.7 Å². The van der Waals surface area contributed by atoms with Gasteiger partial charge in [0, 0.05) is 12.4 Å². The molecule has 7 aliphatic heterocycles. The van der Waals surface area contributed by atoms with Crippen molar-refractivity contribution in [3.8, 4) is 12.1 Å². The molecule has 0 radical (unpaired) electrons. The van der Waals surface area contributed by atoms with Crippen LogP contribution in [0.25, 0.3) is 33.5 Å². The van der Waals surface area contributed by atoms with Gasteiger partial charge in [-0.2, -0.15) is 10.5 Å². The molecule has 20 atom stereocenters. The standard InChI is InChI=1S/C13H18FN3O3.C12H17F2N3O3.2C12H12FN5O4.C12H15FN4O5/c1-7-16-9(15)4-5-17(7)12-10(14)11(19)13(6-18,20-12)8-2-3-8;1-6(13)12(5-18)10(19)9(14)11(20-12)17-4-3-8(15)16-7(17)2;2*1-5-16-9-7(10(21)17-5)15-4-18(9)11-6(13)8(20)12(2-14,3-19)22-11;1-5-15-9-7(10(21)16-5)14-4-17(9)11-6(13)8(20)12(2-18,3-19)22-11/h4-5,8,10-12,18-19H,1-3,6H2,(H2,15,16);3-4,6,9-11,18-19H,2,5H2,1H3,(H2,15,16);2*4,6,8,11,19-20H,3H2,1H3,(H,16,17,21);4,6,8,11,18-20H,2-3H2,1H3,(H,15,16,21)/t10-,11+,12-,13+;6?,9-,10+,11-,12+;2*6-,8+,11-,12-;6-,8+,11-/m11111/s1. The molecule has 39 nitrogen and oxygen atoms in total. The van der Waals surface area contributed by atoms with Crippen molar-refractivity contribution in [3.05, 3.63) is 117 Å². The summed E-state index contributed by atoms with van der Waals surface area (Å²) in [5.74, 6) is 1.69. The average Bonchev–Trinajstić information content (AvgIpc) is 1.61. The van der Waals surface area contributed by atoms with E-state index in [1.54, 1.807) is 32.9 Å². The third-order valence-electron chi connectivity index (χ3n) is 18.8. The number of aryl methyl sites for hydroxylation is 3. The second-order valence-corrected chi connectivity index (χ2v) is 25.6. The van der Waals surface area contributed by atoms with Crippen molar-refractivity contribution in [3.63, 3.8) is 0 Å². The highest BCUT2D eigenvalue weighted by atomic mass is 19.2. The average molecular weight is 1510 g/mol. The monoisotopic (exact) mass is 1500 g/mol. The number of alkyl halides is 6. The zero-order chi connectivity index (χ0) is 77.8. The van der Waals surface area contributed by atoms with Gasteiger partial charge in [0.05, 0.1) is 58.6 Å². The summed E-state index contributed by atoms with van der Waals surface area (Å²) in [6.07, 6.45) is -15.6. The number of aromatic nitrogens is 12. The van der Waals surface area contributed by atoms with E-state index >= 15 is 0 Å². The molecular formula is C61H74F6N20O19. The molecule has 1 unspecified atom stereocenters. The Labute approximate surface area is 591 Å². The molecule has 45 heteroatoms. The number of aliphatic imine (C=N–C) groups is 2. The molecule has 5 saturated heterocycles. The van der Waals surface area contributed by atoms with E-state index in [1.807, 2.05) is 0 Å². The molecule has 106 heavy (non-hydrogen) atoms. The van der Waals surface area contributed by atoms with Crippen LogP contribution in [0.1, 0.15) is 55.9 Å². The molecular weight excluding hydrogens is 1430 g/mol. The van der Waals surface area contributed by atoms with Crippen molar-refractivity contribution in [2.24, 2.45) is 27.4 Å². The molecule has 1 saturated carbocycles. The highest BCUT2D eigenvalue weighted by Crippen LogP contribution is 2.51. The van der Waals surface area contributed by atoms with Crippen LogP contribution in [0.2, 0.25) is 0 Å². The Balaban J connectivity index is 0.000000142. The van der Waals surface area contributed by atoms with E-state index in [0.29, 0.717) is 17.5 Å². The Bertz CT molecular complexity index is 4470. The molecule has 0 spiro atoms. The predicted octanol–water partition coefficient (Wildman–Crippen LogP) is -4.17. The van der Waals surface area contributed by atoms with Crippen LogP contribution in [0.5, 0.6) is 0 Å². The zero-order valence-corrected chi connectivity index (χ0v) is 56.2. The summed E-state index contributed by atoms with van der Waals surface area (Å²) in [4.78, 5) is 76.9. The predicted molar refractivity (Wildman–Crippen MR) is 347 cm³/mol. The van der Waals surface area contributed by atoms with Crippen LogP contribution in [0.4, 0.5) is 26.3 Å². The van der Waals surface area contributed by atoms with Gasteiger partial charge in [-0.25, -0.2) is 66.2 Å². The first-order chi connectivity index (χ1) is 50.1. The second kappa shape index (κ2) is 30.4. The van der Waals surface area contributed by atoms with Crippen molar-refractivity contribution in [2.75, 3.05) is 39.6 Å². The summed E-state index contributed by atoms with van der Waals surface area (Å²) >= 11 is 0. The van der Waals surface area contributed by atoms with Crippen LogP contribution in [0.15, 0.2) is 92.7 Å². The smallest absolute Gasteiger partial charge is 0.279 e. The van der Waals surface area contributed by atoms with E-state index in [2.05, 4.69) is 68.0 Å². The molecule has 0 bridgehead atoms. The maximum absolute atomic E-state index is 14.4. The fraction of sp³-hybridized carbons (Fsp3) is 0.557. The Morgan fingerprint density at radius 1 is 0.538 bits per heavy atom. The van der Waals surface area contributed by atoms with Crippen molar-refractivity contribution < 1.29 is 106 Å². The number of nitrogens with one attached hydrogen (secondary N) is 3. The number of aliphatic hydroxyl groups excluding tert-OH is 11. The number of aliphatic hydroxyl groups is 11. The van der Waals surface area contributed by atoms with E-state index in [1.165, 1.54) is 45.2 Å². The van der Waals surface area contributed by atoms with Gasteiger partial charge in [-0.05, 0) is 58.6 Å². The van der Waals surface area contributed by atoms with Crippen molar-refractivity contribution in [1.82, 2.24) is 68.4 Å². The molecule has 6 aromatic heterocycles. The van der Waals surface area contributed by atoms with Crippen LogP contribution in [-0.4, -0.2) is 284 Å². The number of H-pyrrole nitrogens is 3. The first-order valence-corrected chi connectivity index (χ1v) is 32.0. The van der Waals surface area contributed by atoms with Gasteiger partial charge >= 0.3 is 0 Å². The highest BCUT2D eigenvalue weighted by Gasteiger charge is 2.64. The third-order valence-corrected chi connectivity index (χ3v) is 18.8. The fourth-order valence-corrected chi connectivity index (χ4v) is 12.7. The quantitative estimate of drug-likeness (QED) is 0.0488. The van der Waals surface area contributed by atoms with Crippen molar-refractivity contribution >= 4 is 45.2 Å². The lowest BCUT2D eigenvalue weighted by Gasteiger charge is -2.33. The molecule has 6 fully saturated rings. The summed E-state index contributed by atoms with van der Waals surface area (Å²) < 4.78 is 116. The van der Waals surface area contributed by atoms with E-state index in [9.17, 15) is 96.9 Å². The number of halogens is 6. The molecule has 574 valence electrons. The van der Waals surface area contributed by atoms with Crippen LogP contribution < -0.4 is 28.1 Å². The highest BCUT2D eigenvalue weighted by molar-refractivity contribution is 5.93. The van der Waals surface area contributed by atoms with Crippen LogP contribution >= 0.6 is 0 Å². The van der Waals surface area contributed by atoms with Crippen molar-refractivity contribution in [2.45, 2.75) is 167 Å². The maximum atomic E-state index is 14.4. The Kier molecular flexibility index (Phi) is 22.7. The summed E-state index contributed by atoms with van der Waals surface area (Å²) in [5, 5.41) is 124. The lowest BCUT2D eigenvalue weighted by molar-refractivity contribution is -0.164. The normalized spacial score (nSPS) is 33.9. The van der Waals surface area contributed by atoms with Crippen LogP contribution in [0, 0.1) is 49.4 Å². The number of amidine groups is 2. The van der Waals surface area contributed by atoms with E-state index in [0.717, 1.165) is 41.6 Å². The lowest BCUT2D eigenvalue weighted by atomic mass is 9.91. The van der Waals surface area contributed by atoms with Gasteiger partial charge in [0.25, 0.3) is 16.7 Å². The number of hydrogen-bond acceptors (Lipinski definition) is 33. The SMILES string of the molecule is C=C1N=C(N)C=CN1[C@@H]1O[C@@](CO)(C(C)F)[C@@H](O)[C@H]1F.C=C1N=C(N)C=CN1[C@@H]1O[C@@](CO)(C2CC2)[C@@H](O)[C@H]1F.Cc1nc2c(ncn2[C@@H]2OC(CO)(CO)[C@@H](O)[C@H]2F)c(=O)[nH]1.Cc1nc2c(ncn2[C@@H]2O[C@](C#N)(CO)[C@@H](O)[C@H]2F)c(=O)[nH]1.Cc1nc2c(ncn2[C@@H]2O[C@](C#N)(CO)[C@@H](O)[C@H]2F)c(=O)[nH]1. The summed E-state index contributed by atoms with van der Waals surface area (Å²) in [6.45, 7) is 8.49. The number of fused-ring (bicyclic) bond motifs is 3. The van der Waals surface area contributed by atoms with Gasteiger partial charge in [0.1, 0.15) is 101 Å². The van der Waals surface area contributed by atoms with Gasteiger partial charge < -0.3 is 116 Å². The number of hydrogen-bond donors (Lipinski definition) is 16. The minimum absolute atomic E-state index is 0.00128. The van der Waals surface area contributed by atoms with Crippen molar-refractivity contribution in [1.29, 1.82) is 10.5 Å². The fourth-order valence-electron chi connectivity index (χ4n) is 12.7. The maximum Gasteiger partial charge on any atom is 0.279 e. The summed E-state index contributed by atoms with van der Waals surface area (Å²) in [5.41, 5.74) is 0.503. The number of nitrogens with two attached hydrogens (primary N) is 2. The number of rotatable bonds is 13. The molecule has 14 rings (SSSR count). The Morgan fingerprint density at radius 2 is 0.896 bits per heavy atom. The van der Waals surface area contributed by atoms with Crippen LogP contribution in [0.3, 0.4) is 0 Å². The molecule has 0 aromatic carbocycles. The van der Waals surface area contributed by atoms with E-state index in [4.69, 9.17) is 45.7 Å². The number of ether oxygens (including phenoxy) is 5. The molecule has 6 aromatic rings. The Morgan fingerprint density at radius 3 is 1.20 bits per heavy atom.